The normalized spacial score (nSPS) is 12.1. The molecule has 0 unspecified atom stereocenters. The summed E-state index contributed by atoms with van der Waals surface area (Å²) in [6.45, 7) is 9.50. The maximum atomic E-state index is 9.58. The first-order valence-electron chi connectivity index (χ1n) is 5.20. The second kappa shape index (κ2) is 6.00. The van der Waals surface area contributed by atoms with Gasteiger partial charge in [0.2, 0.25) is 0 Å². The van der Waals surface area contributed by atoms with Gasteiger partial charge in [0.1, 0.15) is 0 Å². The predicted octanol–water partition coefficient (Wildman–Crippen LogP) is 1.77. The number of nitrogens with zero attached hydrogens (tertiary/aromatic N) is 2. The van der Waals surface area contributed by atoms with Crippen molar-refractivity contribution in [3.8, 4) is 6.07 Å². The van der Waals surface area contributed by atoms with Gasteiger partial charge in [0.05, 0.1) is 11.7 Å². The van der Waals surface area contributed by atoms with Crippen molar-refractivity contribution in [1.29, 1.82) is 5.26 Å². The Balaban J connectivity index is 3.93. The molecule has 0 amide bonds. The molecular formula is C11H22N2O. The van der Waals surface area contributed by atoms with E-state index >= 15 is 0 Å². The van der Waals surface area contributed by atoms with Crippen LogP contribution in [0.3, 0.4) is 0 Å². The highest BCUT2D eigenvalue weighted by Crippen LogP contribution is 2.10. The van der Waals surface area contributed by atoms with E-state index in [2.05, 4.69) is 24.8 Å². The van der Waals surface area contributed by atoms with Crippen LogP contribution in [0.4, 0.5) is 0 Å². The van der Waals surface area contributed by atoms with Crippen molar-refractivity contribution in [2.45, 2.75) is 52.2 Å². The molecule has 0 radical (unpaired) electrons. The third-order valence-corrected chi connectivity index (χ3v) is 2.25. The molecule has 0 aromatic heterocycles. The van der Waals surface area contributed by atoms with Crippen LogP contribution < -0.4 is 0 Å². The quantitative estimate of drug-likeness (QED) is 0.707. The lowest BCUT2D eigenvalue weighted by atomic mass is 10.0. The van der Waals surface area contributed by atoms with Gasteiger partial charge < -0.3 is 5.11 Å². The Morgan fingerprint density at radius 2 is 1.93 bits per heavy atom. The number of aliphatic hydroxyl groups is 1. The minimum atomic E-state index is -0.611. The van der Waals surface area contributed by atoms with Crippen molar-refractivity contribution in [2.24, 2.45) is 0 Å². The van der Waals surface area contributed by atoms with E-state index in [1.165, 1.54) is 0 Å². The summed E-state index contributed by atoms with van der Waals surface area (Å²) in [5, 5.41) is 18.1. The van der Waals surface area contributed by atoms with Gasteiger partial charge in [0.25, 0.3) is 0 Å². The molecule has 82 valence electrons. The molecule has 0 aliphatic rings. The highest BCUT2D eigenvalue weighted by atomic mass is 16.3. The third kappa shape index (κ3) is 6.88. The summed E-state index contributed by atoms with van der Waals surface area (Å²) in [6, 6.07) is 2.58. The summed E-state index contributed by atoms with van der Waals surface area (Å²) in [5.74, 6) is 0. The molecule has 0 fully saturated rings. The number of hydrogen-bond acceptors (Lipinski definition) is 3. The topological polar surface area (TPSA) is 47.3 Å². The Morgan fingerprint density at radius 1 is 1.36 bits per heavy atom. The molecule has 0 saturated heterocycles. The Hall–Kier alpha value is -0.590. The molecule has 0 aliphatic heterocycles. The Kier molecular flexibility index (Phi) is 5.75. The van der Waals surface area contributed by atoms with E-state index in [0.29, 0.717) is 12.5 Å². The highest BCUT2D eigenvalue weighted by Gasteiger charge is 2.16. The van der Waals surface area contributed by atoms with Gasteiger partial charge in [0, 0.05) is 25.6 Å². The zero-order valence-electron chi connectivity index (χ0n) is 9.75. The van der Waals surface area contributed by atoms with Crippen LogP contribution in [0.5, 0.6) is 0 Å². The Bertz CT molecular complexity index is 188. The van der Waals surface area contributed by atoms with E-state index in [4.69, 9.17) is 5.26 Å². The maximum absolute atomic E-state index is 9.58. The minimum absolute atomic E-state index is 0.436. The van der Waals surface area contributed by atoms with Gasteiger partial charge >= 0.3 is 0 Å². The van der Waals surface area contributed by atoms with E-state index in [0.717, 1.165) is 19.5 Å². The first kappa shape index (κ1) is 13.4. The van der Waals surface area contributed by atoms with E-state index in [-0.39, 0.29) is 0 Å². The Morgan fingerprint density at radius 3 is 2.29 bits per heavy atom. The summed E-state index contributed by atoms with van der Waals surface area (Å²) in [5.41, 5.74) is -0.611. The summed E-state index contributed by atoms with van der Waals surface area (Å²) in [6.07, 6.45) is 1.31. The average molecular weight is 198 g/mol. The van der Waals surface area contributed by atoms with Crippen molar-refractivity contribution in [3.63, 3.8) is 0 Å². The smallest absolute Gasteiger partial charge is 0.0635 e. The van der Waals surface area contributed by atoms with Crippen LogP contribution in [0, 0.1) is 11.3 Å². The second-order valence-corrected chi connectivity index (χ2v) is 4.60. The number of nitriles is 1. The van der Waals surface area contributed by atoms with E-state index in [1.807, 2.05) is 13.8 Å². The molecule has 0 aromatic carbocycles. The molecule has 3 heteroatoms. The van der Waals surface area contributed by atoms with Crippen molar-refractivity contribution in [1.82, 2.24) is 4.90 Å². The van der Waals surface area contributed by atoms with Crippen molar-refractivity contribution >= 4 is 0 Å². The van der Waals surface area contributed by atoms with Gasteiger partial charge in [-0.25, -0.2) is 0 Å². The highest BCUT2D eigenvalue weighted by molar-refractivity contribution is 4.76. The lowest BCUT2D eigenvalue weighted by molar-refractivity contribution is 0.0536. The van der Waals surface area contributed by atoms with Crippen molar-refractivity contribution < 1.29 is 5.11 Å². The lowest BCUT2D eigenvalue weighted by Gasteiger charge is -2.28. The zero-order chi connectivity index (χ0) is 11.2. The molecule has 0 spiro atoms. The van der Waals surface area contributed by atoms with Crippen LogP contribution in [0.15, 0.2) is 0 Å². The average Bonchev–Trinajstić information content (AvgIpc) is 2.01. The van der Waals surface area contributed by atoms with Gasteiger partial charge in [-0.1, -0.05) is 0 Å². The minimum Gasteiger partial charge on any atom is -0.390 e. The van der Waals surface area contributed by atoms with Gasteiger partial charge in [-0.05, 0) is 34.1 Å². The van der Waals surface area contributed by atoms with Crippen LogP contribution >= 0.6 is 0 Å². The van der Waals surface area contributed by atoms with E-state index in [9.17, 15) is 5.11 Å². The molecule has 0 rings (SSSR count). The molecule has 14 heavy (non-hydrogen) atoms. The Labute approximate surface area is 87.3 Å². The largest absolute Gasteiger partial charge is 0.390 e. The standard InChI is InChI=1S/C11H22N2O/c1-10(2)13(8-5-7-12)9-6-11(3,4)14/h10,14H,5-6,8-9H2,1-4H3. The summed E-state index contributed by atoms with van der Waals surface area (Å²) in [7, 11) is 0. The predicted molar refractivity (Wildman–Crippen MR) is 57.9 cm³/mol. The summed E-state index contributed by atoms with van der Waals surface area (Å²) >= 11 is 0. The molecule has 0 heterocycles. The molecule has 0 saturated carbocycles. The SMILES string of the molecule is CC(C)N(CCC#N)CCC(C)(C)O. The molecule has 0 aromatic rings. The monoisotopic (exact) mass is 198 g/mol. The van der Waals surface area contributed by atoms with E-state index < -0.39 is 5.60 Å². The third-order valence-electron chi connectivity index (χ3n) is 2.25. The summed E-state index contributed by atoms with van der Waals surface area (Å²) < 4.78 is 0. The second-order valence-electron chi connectivity index (χ2n) is 4.60. The fraction of sp³-hybridized carbons (Fsp3) is 0.909. The van der Waals surface area contributed by atoms with E-state index in [1.54, 1.807) is 0 Å². The molecule has 0 aliphatic carbocycles. The van der Waals surface area contributed by atoms with Gasteiger partial charge in [-0.15, -0.1) is 0 Å². The van der Waals surface area contributed by atoms with Gasteiger partial charge in [0.15, 0.2) is 0 Å². The van der Waals surface area contributed by atoms with Crippen LogP contribution in [0.2, 0.25) is 0 Å². The fourth-order valence-corrected chi connectivity index (χ4v) is 1.24. The summed E-state index contributed by atoms with van der Waals surface area (Å²) in [4.78, 5) is 2.22. The maximum Gasteiger partial charge on any atom is 0.0635 e. The molecule has 0 bridgehead atoms. The van der Waals surface area contributed by atoms with Crippen molar-refractivity contribution in [2.75, 3.05) is 13.1 Å². The number of rotatable bonds is 6. The van der Waals surface area contributed by atoms with Crippen LogP contribution in [0.25, 0.3) is 0 Å². The molecule has 3 nitrogen and oxygen atoms in total. The molecule has 0 atom stereocenters. The number of hydrogen-bond donors (Lipinski definition) is 1. The molecular weight excluding hydrogens is 176 g/mol. The fourth-order valence-electron chi connectivity index (χ4n) is 1.24. The molecule has 1 N–H and O–H groups in total. The van der Waals surface area contributed by atoms with Crippen molar-refractivity contribution in [3.05, 3.63) is 0 Å². The van der Waals surface area contributed by atoms with Gasteiger partial charge in [-0.2, -0.15) is 5.26 Å². The van der Waals surface area contributed by atoms with Crippen LogP contribution in [-0.2, 0) is 0 Å². The zero-order valence-corrected chi connectivity index (χ0v) is 9.75. The van der Waals surface area contributed by atoms with Crippen LogP contribution in [0.1, 0.15) is 40.5 Å². The van der Waals surface area contributed by atoms with Crippen LogP contribution in [-0.4, -0.2) is 34.7 Å². The van der Waals surface area contributed by atoms with Gasteiger partial charge in [-0.3, -0.25) is 4.90 Å². The first-order chi connectivity index (χ1) is 6.37. The first-order valence-corrected chi connectivity index (χ1v) is 5.20. The lowest BCUT2D eigenvalue weighted by Crippen LogP contribution is -2.36.